The van der Waals surface area contributed by atoms with Gasteiger partial charge in [-0.2, -0.15) is 0 Å². The van der Waals surface area contributed by atoms with Crippen LogP contribution >= 0.6 is 11.6 Å². The van der Waals surface area contributed by atoms with Crippen LogP contribution in [0.15, 0.2) is 48.5 Å². The fourth-order valence-corrected chi connectivity index (χ4v) is 3.11. The number of nitrogens with one attached hydrogen (secondary N) is 1. The summed E-state index contributed by atoms with van der Waals surface area (Å²) in [6, 6.07) is 13.8. The molecule has 0 aliphatic carbocycles. The van der Waals surface area contributed by atoms with Crippen molar-refractivity contribution < 1.29 is 23.9 Å². The second-order valence-corrected chi connectivity index (χ2v) is 6.68. The van der Waals surface area contributed by atoms with E-state index in [1.165, 1.54) is 12.0 Å². The summed E-state index contributed by atoms with van der Waals surface area (Å²) in [6.07, 6.45) is -0.00515. The molecule has 0 unspecified atom stereocenters. The Hall–Kier alpha value is -3.06. The van der Waals surface area contributed by atoms with Crippen LogP contribution in [0, 0.1) is 5.92 Å². The summed E-state index contributed by atoms with van der Waals surface area (Å²) >= 11 is 6.02. The van der Waals surface area contributed by atoms with Crippen molar-refractivity contribution in [1.29, 1.82) is 0 Å². The van der Waals surface area contributed by atoms with E-state index in [1.807, 2.05) is 6.07 Å². The Morgan fingerprint density at radius 1 is 1.21 bits per heavy atom. The quantitative estimate of drug-likeness (QED) is 0.751. The van der Waals surface area contributed by atoms with Crippen molar-refractivity contribution >= 4 is 40.8 Å². The number of hydrogen-bond donors (Lipinski definition) is 1. The van der Waals surface area contributed by atoms with Gasteiger partial charge in [0.15, 0.2) is 6.61 Å². The molecule has 8 heteroatoms. The molecule has 0 aromatic heterocycles. The molecular formula is C20H19ClN2O5. The van der Waals surface area contributed by atoms with E-state index in [2.05, 4.69) is 5.32 Å². The topological polar surface area (TPSA) is 84.9 Å². The SMILES string of the molecule is COc1ccc(Cl)cc1N1C[C@H](C(=O)OCC(=O)Nc2ccccc2)CC1=O. The van der Waals surface area contributed by atoms with Gasteiger partial charge in [0.05, 0.1) is 18.7 Å². The number of para-hydroxylation sites is 1. The summed E-state index contributed by atoms with van der Waals surface area (Å²) in [4.78, 5) is 38.0. The van der Waals surface area contributed by atoms with Gasteiger partial charge in [0.25, 0.3) is 5.91 Å². The molecule has 0 radical (unpaired) electrons. The fourth-order valence-electron chi connectivity index (χ4n) is 2.95. The van der Waals surface area contributed by atoms with E-state index in [0.717, 1.165) is 0 Å². The number of methoxy groups -OCH3 is 1. The van der Waals surface area contributed by atoms with Gasteiger partial charge in [-0.05, 0) is 30.3 Å². The number of esters is 1. The number of halogens is 1. The monoisotopic (exact) mass is 402 g/mol. The van der Waals surface area contributed by atoms with E-state index >= 15 is 0 Å². The van der Waals surface area contributed by atoms with Gasteiger partial charge in [0.1, 0.15) is 5.75 Å². The van der Waals surface area contributed by atoms with Crippen molar-refractivity contribution in [3.63, 3.8) is 0 Å². The van der Waals surface area contributed by atoms with E-state index in [0.29, 0.717) is 22.1 Å². The van der Waals surface area contributed by atoms with Crippen LogP contribution in [0.2, 0.25) is 5.02 Å². The molecule has 2 aromatic carbocycles. The molecule has 3 rings (SSSR count). The lowest BCUT2D eigenvalue weighted by Gasteiger charge is -2.19. The van der Waals surface area contributed by atoms with Crippen LogP contribution in [-0.4, -0.2) is 38.0 Å². The normalized spacial score (nSPS) is 16.0. The highest BCUT2D eigenvalue weighted by atomic mass is 35.5. The molecule has 1 aliphatic heterocycles. The number of nitrogens with zero attached hydrogens (tertiary/aromatic N) is 1. The Labute approximate surface area is 167 Å². The van der Waals surface area contributed by atoms with Crippen molar-refractivity contribution in [3.05, 3.63) is 53.6 Å². The lowest BCUT2D eigenvalue weighted by atomic mass is 10.1. The Morgan fingerprint density at radius 3 is 2.68 bits per heavy atom. The molecule has 146 valence electrons. The lowest BCUT2D eigenvalue weighted by Crippen LogP contribution is -2.28. The van der Waals surface area contributed by atoms with Crippen LogP contribution in [0.3, 0.4) is 0 Å². The Bertz CT molecular complexity index is 887. The van der Waals surface area contributed by atoms with Crippen molar-refractivity contribution in [1.82, 2.24) is 0 Å². The molecule has 1 N–H and O–H groups in total. The summed E-state index contributed by atoms with van der Waals surface area (Å²) in [7, 11) is 1.49. The standard InChI is InChI=1S/C20H19ClN2O5/c1-27-17-8-7-14(21)10-16(17)23-11-13(9-19(23)25)20(26)28-12-18(24)22-15-5-3-2-4-6-15/h2-8,10,13H,9,11-12H2,1H3,(H,22,24)/t13-/m1/s1. The van der Waals surface area contributed by atoms with Crippen LogP contribution in [0.25, 0.3) is 0 Å². The largest absolute Gasteiger partial charge is 0.495 e. The number of anilines is 2. The second kappa shape index (κ2) is 8.75. The lowest BCUT2D eigenvalue weighted by molar-refractivity contribution is -0.151. The van der Waals surface area contributed by atoms with Gasteiger partial charge in [0, 0.05) is 23.7 Å². The molecule has 1 fully saturated rings. The van der Waals surface area contributed by atoms with Gasteiger partial charge < -0.3 is 19.7 Å². The molecule has 1 atom stereocenters. The van der Waals surface area contributed by atoms with E-state index in [4.69, 9.17) is 21.1 Å². The first-order valence-corrected chi connectivity index (χ1v) is 9.01. The van der Waals surface area contributed by atoms with Crippen molar-refractivity contribution in [2.24, 2.45) is 5.92 Å². The number of ether oxygens (including phenoxy) is 2. The Balaban J connectivity index is 1.58. The average molecular weight is 403 g/mol. The van der Waals surface area contributed by atoms with Gasteiger partial charge >= 0.3 is 5.97 Å². The molecule has 2 aromatic rings. The molecule has 7 nitrogen and oxygen atoms in total. The molecule has 2 amide bonds. The van der Waals surface area contributed by atoms with Crippen LogP contribution in [0.1, 0.15) is 6.42 Å². The molecule has 1 aliphatic rings. The highest BCUT2D eigenvalue weighted by Crippen LogP contribution is 2.35. The average Bonchev–Trinajstić information content (AvgIpc) is 3.08. The summed E-state index contributed by atoms with van der Waals surface area (Å²) in [5.41, 5.74) is 1.11. The van der Waals surface area contributed by atoms with Gasteiger partial charge in [-0.15, -0.1) is 0 Å². The summed E-state index contributed by atoms with van der Waals surface area (Å²) < 4.78 is 10.4. The molecule has 0 bridgehead atoms. The van der Waals surface area contributed by atoms with Crippen molar-refractivity contribution in [3.8, 4) is 5.75 Å². The number of benzene rings is 2. The maximum atomic E-state index is 12.4. The fraction of sp³-hybridized carbons (Fsp3) is 0.250. The van der Waals surface area contributed by atoms with Gasteiger partial charge in [-0.25, -0.2) is 0 Å². The van der Waals surface area contributed by atoms with E-state index < -0.39 is 24.4 Å². The van der Waals surface area contributed by atoms with Crippen molar-refractivity contribution in [2.45, 2.75) is 6.42 Å². The zero-order valence-corrected chi connectivity index (χ0v) is 15.9. The predicted molar refractivity (Wildman–Crippen MR) is 104 cm³/mol. The first kappa shape index (κ1) is 19.7. The van der Waals surface area contributed by atoms with E-state index in [9.17, 15) is 14.4 Å². The predicted octanol–water partition coefficient (Wildman–Crippen LogP) is 2.88. The van der Waals surface area contributed by atoms with Crippen LogP contribution < -0.4 is 15.0 Å². The third kappa shape index (κ3) is 4.61. The maximum Gasteiger partial charge on any atom is 0.311 e. The zero-order chi connectivity index (χ0) is 20.1. The highest BCUT2D eigenvalue weighted by molar-refractivity contribution is 6.31. The highest BCUT2D eigenvalue weighted by Gasteiger charge is 2.37. The number of carbonyl (C=O) groups is 3. The van der Waals surface area contributed by atoms with Gasteiger partial charge in [0.2, 0.25) is 5.91 Å². The van der Waals surface area contributed by atoms with Crippen LogP contribution in [-0.2, 0) is 19.1 Å². The van der Waals surface area contributed by atoms with Crippen molar-refractivity contribution in [2.75, 3.05) is 30.5 Å². The Morgan fingerprint density at radius 2 is 1.96 bits per heavy atom. The third-order valence-corrected chi connectivity index (χ3v) is 4.53. The summed E-state index contributed by atoms with van der Waals surface area (Å²) in [5, 5.41) is 3.08. The summed E-state index contributed by atoms with van der Waals surface area (Å²) in [6.45, 7) is -0.284. The number of hydrogen-bond acceptors (Lipinski definition) is 5. The van der Waals surface area contributed by atoms with Gasteiger partial charge in [-0.1, -0.05) is 29.8 Å². The molecule has 0 saturated carbocycles. The van der Waals surface area contributed by atoms with Gasteiger partial charge in [-0.3, -0.25) is 14.4 Å². The molecule has 0 spiro atoms. The van der Waals surface area contributed by atoms with Crippen LogP contribution in [0.5, 0.6) is 5.75 Å². The van der Waals surface area contributed by atoms with E-state index in [1.54, 1.807) is 42.5 Å². The maximum absolute atomic E-state index is 12.4. The molecule has 28 heavy (non-hydrogen) atoms. The molecule has 1 heterocycles. The first-order valence-electron chi connectivity index (χ1n) is 8.63. The Kier molecular flexibility index (Phi) is 6.16. The third-order valence-electron chi connectivity index (χ3n) is 4.29. The number of carbonyl (C=O) groups excluding carboxylic acids is 3. The smallest absolute Gasteiger partial charge is 0.311 e. The number of rotatable bonds is 6. The number of amides is 2. The minimum atomic E-state index is -0.666. The summed E-state index contributed by atoms with van der Waals surface area (Å²) in [5.74, 6) is -1.47. The minimum absolute atomic E-state index is 0.00515. The first-order chi connectivity index (χ1) is 13.5. The van der Waals surface area contributed by atoms with Crippen LogP contribution in [0.4, 0.5) is 11.4 Å². The zero-order valence-electron chi connectivity index (χ0n) is 15.2. The molecule has 1 saturated heterocycles. The molecular weight excluding hydrogens is 384 g/mol. The van der Waals surface area contributed by atoms with E-state index in [-0.39, 0.29) is 18.9 Å². The second-order valence-electron chi connectivity index (χ2n) is 6.24. The minimum Gasteiger partial charge on any atom is -0.495 e.